The molecule has 0 heterocycles. The van der Waals surface area contributed by atoms with E-state index in [9.17, 15) is 13.2 Å². The Bertz CT molecular complexity index is 1210. The van der Waals surface area contributed by atoms with E-state index in [-0.39, 0.29) is 12.5 Å². The number of anilines is 1. The lowest BCUT2D eigenvalue weighted by Gasteiger charge is -2.23. The summed E-state index contributed by atoms with van der Waals surface area (Å²) in [6.45, 7) is 0.452. The predicted molar refractivity (Wildman–Crippen MR) is 130 cm³/mol. The van der Waals surface area contributed by atoms with Crippen molar-refractivity contribution < 1.29 is 22.7 Å². The van der Waals surface area contributed by atoms with E-state index in [0.29, 0.717) is 34.3 Å². The maximum Gasteiger partial charge on any atom is 0.251 e. The number of amides is 1. The van der Waals surface area contributed by atoms with Crippen molar-refractivity contribution in [2.75, 3.05) is 24.8 Å². The summed E-state index contributed by atoms with van der Waals surface area (Å²) in [5.74, 6) is 0.910. The van der Waals surface area contributed by atoms with Crippen molar-refractivity contribution >= 4 is 33.2 Å². The molecule has 0 saturated carbocycles. The molecule has 33 heavy (non-hydrogen) atoms. The molecular weight excluding hydrogens is 464 g/mol. The number of ether oxygens (including phenoxy) is 2. The molecule has 0 unspecified atom stereocenters. The highest BCUT2D eigenvalue weighted by molar-refractivity contribution is 7.92. The van der Waals surface area contributed by atoms with Crippen molar-refractivity contribution in [1.29, 1.82) is 0 Å². The maximum absolute atomic E-state index is 12.6. The van der Waals surface area contributed by atoms with Gasteiger partial charge in [-0.15, -0.1) is 0 Å². The van der Waals surface area contributed by atoms with Crippen LogP contribution in [-0.2, 0) is 23.1 Å². The minimum Gasteiger partial charge on any atom is -0.493 e. The molecule has 0 radical (unpaired) electrons. The zero-order chi connectivity index (χ0) is 24.0. The quantitative estimate of drug-likeness (QED) is 0.486. The molecule has 0 bridgehead atoms. The number of carbonyl (C=O) groups excluding carboxylic acids is 1. The van der Waals surface area contributed by atoms with Crippen molar-refractivity contribution in [2.45, 2.75) is 13.1 Å². The van der Waals surface area contributed by atoms with Gasteiger partial charge < -0.3 is 14.8 Å². The van der Waals surface area contributed by atoms with Gasteiger partial charge in [-0.25, -0.2) is 8.42 Å². The van der Waals surface area contributed by atoms with Crippen molar-refractivity contribution in [3.05, 3.63) is 88.4 Å². The zero-order valence-corrected chi connectivity index (χ0v) is 20.1. The number of hydrogen-bond acceptors (Lipinski definition) is 5. The van der Waals surface area contributed by atoms with Gasteiger partial charge in [-0.1, -0.05) is 29.8 Å². The van der Waals surface area contributed by atoms with Crippen LogP contribution < -0.4 is 19.1 Å². The van der Waals surface area contributed by atoms with Crippen molar-refractivity contribution in [3.8, 4) is 11.5 Å². The van der Waals surface area contributed by atoms with Gasteiger partial charge in [0.1, 0.15) is 0 Å². The normalized spacial score (nSPS) is 11.0. The summed E-state index contributed by atoms with van der Waals surface area (Å²) >= 11 is 5.91. The number of methoxy groups -OCH3 is 2. The molecular formula is C24H25ClN2O5S. The Kier molecular flexibility index (Phi) is 7.84. The van der Waals surface area contributed by atoms with E-state index in [2.05, 4.69) is 5.32 Å². The van der Waals surface area contributed by atoms with Crippen LogP contribution in [0.1, 0.15) is 21.5 Å². The molecule has 0 fully saturated rings. The van der Waals surface area contributed by atoms with Gasteiger partial charge in [-0.2, -0.15) is 0 Å². The highest BCUT2D eigenvalue weighted by atomic mass is 35.5. The van der Waals surface area contributed by atoms with E-state index in [1.54, 1.807) is 74.9 Å². The second kappa shape index (κ2) is 10.6. The first-order valence-corrected chi connectivity index (χ1v) is 12.2. The molecule has 0 saturated heterocycles. The van der Waals surface area contributed by atoms with Crippen LogP contribution in [0.4, 0.5) is 5.69 Å². The lowest BCUT2D eigenvalue weighted by atomic mass is 10.1. The van der Waals surface area contributed by atoms with Crippen LogP contribution in [0.5, 0.6) is 11.5 Å². The van der Waals surface area contributed by atoms with Crippen LogP contribution in [-0.4, -0.2) is 34.8 Å². The summed E-state index contributed by atoms with van der Waals surface area (Å²) in [6.07, 6.45) is 1.15. The van der Waals surface area contributed by atoms with Gasteiger partial charge in [0.05, 0.1) is 32.7 Å². The Labute approximate surface area is 198 Å². The zero-order valence-electron chi connectivity index (χ0n) is 18.5. The van der Waals surface area contributed by atoms with Gasteiger partial charge in [0, 0.05) is 17.1 Å². The fourth-order valence-corrected chi connectivity index (χ4v) is 4.22. The monoisotopic (exact) mass is 488 g/mol. The smallest absolute Gasteiger partial charge is 0.251 e. The van der Waals surface area contributed by atoms with E-state index in [0.717, 1.165) is 17.4 Å². The third-order valence-corrected chi connectivity index (χ3v) is 6.35. The first kappa shape index (κ1) is 24.4. The molecule has 3 aromatic carbocycles. The first-order valence-electron chi connectivity index (χ1n) is 10.0. The van der Waals surface area contributed by atoms with Crippen molar-refractivity contribution in [1.82, 2.24) is 5.32 Å². The summed E-state index contributed by atoms with van der Waals surface area (Å²) in [5, 5.41) is 3.43. The van der Waals surface area contributed by atoms with E-state index < -0.39 is 10.0 Å². The standard InChI is InChI=1S/C24H25ClN2O5S/c1-31-22-13-6-18(14-23(22)32-2)15-26-24(28)19-7-11-21(12-8-19)27(33(3,29)30)16-17-4-9-20(25)10-5-17/h4-14H,15-16H2,1-3H3,(H,26,28). The fourth-order valence-electron chi connectivity index (χ4n) is 3.21. The number of hydrogen-bond donors (Lipinski definition) is 1. The van der Waals surface area contributed by atoms with E-state index in [1.807, 2.05) is 6.07 Å². The number of halogens is 1. The molecule has 174 valence electrons. The Morgan fingerprint density at radius 1 is 0.909 bits per heavy atom. The molecule has 0 aliphatic heterocycles. The average molecular weight is 489 g/mol. The van der Waals surface area contributed by atoms with Gasteiger partial charge >= 0.3 is 0 Å². The third kappa shape index (κ3) is 6.40. The Hall–Kier alpha value is -3.23. The predicted octanol–water partition coefficient (Wildman–Crippen LogP) is 4.25. The van der Waals surface area contributed by atoms with Gasteiger partial charge in [0.25, 0.3) is 5.91 Å². The molecule has 1 N–H and O–H groups in total. The Morgan fingerprint density at radius 3 is 2.09 bits per heavy atom. The fraction of sp³-hybridized carbons (Fsp3) is 0.208. The molecule has 9 heteroatoms. The molecule has 1 amide bonds. The summed E-state index contributed by atoms with van der Waals surface area (Å²) in [4.78, 5) is 12.6. The van der Waals surface area contributed by atoms with Gasteiger partial charge in [0.2, 0.25) is 10.0 Å². The molecule has 0 aliphatic rings. The van der Waals surface area contributed by atoms with Crippen LogP contribution in [0.15, 0.2) is 66.7 Å². The largest absolute Gasteiger partial charge is 0.493 e. The third-order valence-electron chi connectivity index (χ3n) is 4.96. The summed E-state index contributed by atoms with van der Waals surface area (Å²) in [7, 11) is -0.431. The van der Waals surface area contributed by atoms with Crippen LogP contribution in [0, 0.1) is 0 Å². The molecule has 0 aromatic heterocycles. The molecule has 3 rings (SSSR count). The number of nitrogens with one attached hydrogen (secondary N) is 1. The molecule has 0 spiro atoms. The van der Waals surface area contributed by atoms with Crippen LogP contribution >= 0.6 is 11.6 Å². The van der Waals surface area contributed by atoms with Gasteiger partial charge in [-0.3, -0.25) is 9.10 Å². The van der Waals surface area contributed by atoms with Gasteiger partial charge in [-0.05, 0) is 59.7 Å². The number of nitrogens with zero attached hydrogens (tertiary/aromatic N) is 1. The molecule has 0 atom stereocenters. The minimum atomic E-state index is -3.54. The maximum atomic E-state index is 12.6. The average Bonchev–Trinajstić information content (AvgIpc) is 2.81. The summed E-state index contributed by atoms with van der Waals surface area (Å²) < 4.78 is 36.5. The summed E-state index contributed by atoms with van der Waals surface area (Å²) in [5.41, 5.74) is 2.52. The first-order chi connectivity index (χ1) is 15.7. The second-order valence-electron chi connectivity index (χ2n) is 7.31. The number of carbonyl (C=O) groups is 1. The van der Waals surface area contributed by atoms with Gasteiger partial charge in [0.15, 0.2) is 11.5 Å². The van der Waals surface area contributed by atoms with Crippen LogP contribution in [0.25, 0.3) is 0 Å². The topological polar surface area (TPSA) is 84.9 Å². The molecule has 0 aliphatic carbocycles. The lowest BCUT2D eigenvalue weighted by Crippen LogP contribution is -2.29. The highest BCUT2D eigenvalue weighted by Crippen LogP contribution is 2.27. The number of rotatable bonds is 9. The van der Waals surface area contributed by atoms with Crippen molar-refractivity contribution in [2.24, 2.45) is 0 Å². The van der Waals surface area contributed by atoms with Crippen LogP contribution in [0.2, 0.25) is 5.02 Å². The molecule has 3 aromatic rings. The number of benzene rings is 3. The van der Waals surface area contributed by atoms with Crippen LogP contribution in [0.3, 0.4) is 0 Å². The number of sulfonamides is 1. The second-order valence-corrected chi connectivity index (χ2v) is 9.66. The van der Waals surface area contributed by atoms with E-state index in [4.69, 9.17) is 21.1 Å². The Balaban J connectivity index is 1.71. The molecule has 7 nitrogen and oxygen atoms in total. The minimum absolute atomic E-state index is 0.154. The SMILES string of the molecule is COc1ccc(CNC(=O)c2ccc(N(Cc3ccc(Cl)cc3)S(C)(=O)=O)cc2)cc1OC. The Morgan fingerprint density at radius 2 is 1.52 bits per heavy atom. The van der Waals surface area contributed by atoms with E-state index >= 15 is 0 Å². The van der Waals surface area contributed by atoms with E-state index in [1.165, 1.54) is 4.31 Å². The lowest BCUT2D eigenvalue weighted by molar-refractivity contribution is 0.0951. The summed E-state index contributed by atoms with van der Waals surface area (Å²) in [6, 6.07) is 18.8. The van der Waals surface area contributed by atoms with Crippen molar-refractivity contribution in [3.63, 3.8) is 0 Å². The highest BCUT2D eigenvalue weighted by Gasteiger charge is 2.18.